The number of rotatable bonds is 5. The summed E-state index contributed by atoms with van der Waals surface area (Å²) in [6.45, 7) is 4.56. The van der Waals surface area contributed by atoms with Crippen molar-refractivity contribution in [3.05, 3.63) is 27.9 Å². The van der Waals surface area contributed by atoms with Crippen LogP contribution in [0, 0.1) is 17.0 Å². The highest BCUT2D eigenvalue weighted by Crippen LogP contribution is 2.22. The normalized spacial score (nSPS) is 12.5. The molecule has 1 aromatic heterocycles. The van der Waals surface area contributed by atoms with Crippen LogP contribution in [0.3, 0.4) is 0 Å². The monoisotopic (exact) mass is 238 g/mol. The maximum atomic E-state index is 10.9. The highest BCUT2D eigenvalue weighted by atomic mass is 16.6. The smallest absolute Gasteiger partial charge is 0.311 e. The number of nitro groups is 1. The molecule has 0 saturated carbocycles. The molecule has 0 aromatic carbocycles. The molecule has 0 saturated heterocycles. The van der Waals surface area contributed by atoms with E-state index in [2.05, 4.69) is 10.3 Å². The van der Waals surface area contributed by atoms with Gasteiger partial charge in [-0.1, -0.05) is 0 Å². The zero-order chi connectivity index (χ0) is 13.0. The lowest BCUT2D eigenvalue weighted by Crippen LogP contribution is -2.30. The molecule has 1 heterocycles. The Morgan fingerprint density at radius 3 is 2.71 bits per heavy atom. The third-order valence-electron chi connectivity index (χ3n) is 2.23. The first kappa shape index (κ1) is 13.4. The molecular formula is C11H18N4O2. The molecule has 0 aliphatic rings. The van der Waals surface area contributed by atoms with E-state index in [1.54, 1.807) is 6.07 Å². The third kappa shape index (κ3) is 3.99. The summed E-state index contributed by atoms with van der Waals surface area (Å²) < 4.78 is 0. The summed E-state index contributed by atoms with van der Waals surface area (Å²) in [4.78, 5) is 16.6. The Bertz CT molecular complexity index is 406. The lowest BCUT2D eigenvalue weighted by atomic mass is 10.3. The Morgan fingerprint density at radius 1 is 1.53 bits per heavy atom. The number of nitrogens with zero attached hydrogens (tertiary/aromatic N) is 3. The average Bonchev–Trinajstić information content (AvgIpc) is 2.15. The maximum Gasteiger partial charge on any atom is 0.311 e. The highest BCUT2D eigenvalue weighted by Gasteiger charge is 2.17. The van der Waals surface area contributed by atoms with Gasteiger partial charge < -0.3 is 10.2 Å². The Kier molecular flexibility index (Phi) is 4.39. The lowest BCUT2D eigenvalue weighted by Gasteiger charge is -2.18. The molecule has 0 spiro atoms. The van der Waals surface area contributed by atoms with E-state index in [1.165, 1.54) is 6.07 Å². The SMILES string of the molecule is Cc1ccc([N+](=O)[O-])c(NC(C)CN(C)C)n1. The summed E-state index contributed by atoms with van der Waals surface area (Å²) in [6, 6.07) is 3.21. The fraction of sp³-hybridized carbons (Fsp3) is 0.545. The van der Waals surface area contributed by atoms with Crippen LogP contribution in [0.2, 0.25) is 0 Å². The predicted molar refractivity (Wildman–Crippen MR) is 67.3 cm³/mol. The fourth-order valence-corrected chi connectivity index (χ4v) is 1.63. The molecule has 1 rings (SSSR count). The molecule has 1 unspecified atom stereocenters. The van der Waals surface area contributed by atoms with Crippen molar-refractivity contribution in [2.24, 2.45) is 0 Å². The van der Waals surface area contributed by atoms with Crippen molar-refractivity contribution >= 4 is 11.5 Å². The van der Waals surface area contributed by atoms with Crippen molar-refractivity contribution in [3.63, 3.8) is 0 Å². The predicted octanol–water partition coefficient (Wildman–Crippen LogP) is 1.66. The van der Waals surface area contributed by atoms with Gasteiger partial charge in [0, 0.05) is 24.3 Å². The van der Waals surface area contributed by atoms with Crippen LogP contribution in [-0.4, -0.2) is 41.5 Å². The summed E-state index contributed by atoms with van der Waals surface area (Å²) in [5.41, 5.74) is 0.774. The average molecular weight is 238 g/mol. The summed E-state index contributed by atoms with van der Waals surface area (Å²) in [5.74, 6) is 0.337. The number of pyridine rings is 1. The van der Waals surface area contributed by atoms with Crippen molar-refractivity contribution in [2.45, 2.75) is 19.9 Å². The van der Waals surface area contributed by atoms with Gasteiger partial charge in [-0.25, -0.2) is 4.98 Å². The minimum absolute atomic E-state index is 0.0150. The molecule has 0 aliphatic carbocycles. The molecular weight excluding hydrogens is 220 g/mol. The second-order valence-corrected chi connectivity index (χ2v) is 4.39. The molecule has 94 valence electrons. The van der Waals surface area contributed by atoms with Crippen molar-refractivity contribution < 1.29 is 4.92 Å². The van der Waals surface area contributed by atoms with E-state index < -0.39 is 4.92 Å². The first-order chi connectivity index (χ1) is 7.90. The van der Waals surface area contributed by atoms with Crippen LogP contribution in [0.5, 0.6) is 0 Å². The molecule has 1 aromatic rings. The quantitative estimate of drug-likeness (QED) is 0.624. The van der Waals surface area contributed by atoms with Crippen LogP contribution in [0.25, 0.3) is 0 Å². The van der Waals surface area contributed by atoms with Crippen LogP contribution >= 0.6 is 0 Å². The van der Waals surface area contributed by atoms with Crippen molar-refractivity contribution in [1.82, 2.24) is 9.88 Å². The lowest BCUT2D eigenvalue weighted by molar-refractivity contribution is -0.384. The maximum absolute atomic E-state index is 10.9. The third-order valence-corrected chi connectivity index (χ3v) is 2.23. The van der Waals surface area contributed by atoms with E-state index in [9.17, 15) is 10.1 Å². The molecule has 6 nitrogen and oxygen atoms in total. The van der Waals surface area contributed by atoms with Crippen LogP contribution in [0.4, 0.5) is 11.5 Å². The summed E-state index contributed by atoms with van der Waals surface area (Å²) in [7, 11) is 3.91. The number of aromatic nitrogens is 1. The Balaban J connectivity index is 2.88. The van der Waals surface area contributed by atoms with Gasteiger partial charge in [-0.2, -0.15) is 0 Å². The molecule has 0 amide bonds. The summed E-state index contributed by atoms with van der Waals surface area (Å²) >= 11 is 0. The molecule has 1 N–H and O–H groups in total. The second kappa shape index (κ2) is 5.58. The zero-order valence-corrected chi connectivity index (χ0v) is 10.6. The number of aryl methyl sites for hydroxylation is 1. The molecule has 0 aliphatic heterocycles. The largest absolute Gasteiger partial charge is 0.361 e. The standard InChI is InChI=1S/C11H18N4O2/c1-8-5-6-10(15(16)17)11(12-8)13-9(2)7-14(3)4/h5-6,9H,7H2,1-4H3,(H,12,13). The van der Waals surface area contributed by atoms with Gasteiger partial charge in [0.25, 0.3) is 0 Å². The van der Waals surface area contributed by atoms with Gasteiger partial charge in [0.15, 0.2) is 0 Å². The Morgan fingerprint density at radius 2 is 2.18 bits per heavy atom. The number of anilines is 1. The van der Waals surface area contributed by atoms with Crippen molar-refractivity contribution in [3.8, 4) is 0 Å². The molecule has 0 radical (unpaired) electrons. The molecule has 0 fully saturated rings. The van der Waals surface area contributed by atoms with Crippen LogP contribution in [-0.2, 0) is 0 Å². The van der Waals surface area contributed by atoms with Gasteiger partial charge in [0.05, 0.1) is 4.92 Å². The first-order valence-corrected chi connectivity index (χ1v) is 5.43. The minimum Gasteiger partial charge on any atom is -0.361 e. The van der Waals surface area contributed by atoms with Gasteiger partial charge in [-0.15, -0.1) is 0 Å². The number of likely N-dealkylation sites (N-methyl/N-ethyl adjacent to an activating group) is 1. The number of hydrogen-bond donors (Lipinski definition) is 1. The van der Waals surface area contributed by atoms with E-state index in [0.717, 1.165) is 12.2 Å². The highest BCUT2D eigenvalue weighted by molar-refractivity contribution is 5.56. The van der Waals surface area contributed by atoms with Gasteiger partial charge in [0.1, 0.15) is 0 Å². The van der Waals surface area contributed by atoms with Crippen LogP contribution in [0.1, 0.15) is 12.6 Å². The molecule has 1 atom stereocenters. The first-order valence-electron chi connectivity index (χ1n) is 5.43. The van der Waals surface area contributed by atoms with E-state index in [1.807, 2.05) is 32.8 Å². The topological polar surface area (TPSA) is 71.3 Å². The summed E-state index contributed by atoms with van der Waals surface area (Å²) in [5, 5.41) is 13.9. The van der Waals surface area contributed by atoms with Gasteiger partial charge in [-0.05, 0) is 34.0 Å². The Hall–Kier alpha value is -1.69. The molecule has 0 bridgehead atoms. The summed E-state index contributed by atoms with van der Waals surface area (Å²) in [6.07, 6.45) is 0. The van der Waals surface area contributed by atoms with Crippen molar-refractivity contribution in [2.75, 3.05) is 26.0 Å². The zero-order valence-electron chi connectivity index (χ0n) is 10.6. The molecule has 17 heavy (non-hydrogen) atoms. The van der Waals surface area contributed by atoms with E-state index in [0.29, 0.717) is 5.82 Å². The van der Waals surface area contributed by atoms with Gasteiger partial charge in [-0.3, -0.25) is 10.1 Å². The van der Waals surface area contributed by atoms with E-state index in [-0.39, 0.29) is 11.7 Å². The van der Waals surface area contributed by atoms with Gasteiger partial charge >= 0.3 is 5.69 Å². The van der Waals surface area contributed by atoms with E-state index in [4.69, 9.17) is 0 Å². The number of nitrogens with one attached hydrogen (secondary N) is 1. The number of hydrogen-bond acceptors (Lipinski definition) is 5. The molecule has 6 heteroatoms. The van der Waals surface area contributed by atoms with Crippen LogP contribution < -0.4 is 5.32 Å². The van der Waals surface area contributed by atoms with Gasteiger partial charge in [0.2, 0.25) is 5.82 Å². The van der Waals surface area contributed by atoms with Crippen LogP contribution in [0.15, 0.2) is 12.1 Å². The minimum atomic E-state index is -0.419. The fourth-order valence-electron chi connectivity index (χ4n) is 1.63. The Labute approximate surface area is 101 Å². The van der Waals surface area contributed by atoms with Crippen molar-refractivity contribution in [1.29, 1.82) is 0 Å². The van der Waals surface area contributed by atoms with E-state index >= 15 is 0 Å². The second-order valence-electron chi connectivity index (χ2n) is 4.39.